The Kier molecular flexibility index (Phi) is 6.54. The molecule has 1 saturated heterocycles. The molecule has 0 atom stereocenters. The van der Waals surface area contributed by atoms with Gasteiger partial charge in [-0.05, 0) is 12.1 Å². The van der Waals surface area contributed by atoms with Crippen molar-refractivity contribution in [2.24, 2.45) is 0 Å². The topological polar surface area (TPSA) is 77.9 Å². The molecule has 1 aliphatic heterocycles. The second kappa shape index (κ2) is 7.98. The van der Waals surface area contributed by atoms with Gasteiger partial charge in [0, 0.05) is 31.9 Å². The Bertz CT molecular complexity index is 612. The zero-order valence-corrected chi connectivity index (χ0v) is 15.0. The van der Waals surface area contributed by atoms with Crippen molar-refractivity contribution in [1.82, 2.24) is 9.21 Å². The molecule has 0 unspecified atom stereocenters. The third-order valence-corrected chi connectivity index (χ3v) is 7.71. The molecule has 0 radical (unpaired) electrons. The van der Waals surface area contributed by atoms with Crippen molar-refractivity contribution in [2.75, 3.05) is 44.3 Å². The molecular formula is C12H17ClN2O4S3. The molecule has 1 amide bonds. The molecule has 1 fully saturated rings. The maximum atomic E-state index is 12.4. The van der Waals surface area contributed by atoms with Gasteiger partial charge in [-0.1, -0.05) is 11.6 Å². The van der Waals surface area contributed by atoms with E-state index in [2.05, 4.69) is 0 Å². The highest BCUT2D eigenvalue weighted by Crippen LogP contribution is 2.28. The van der Waals surface area contributed by atoms with Crippen LogP contribution in [0, 0.1) is 0 Å². The first-order valence-electron chi connectivity index (χ1n) is 6.67. The summed E-state index contributed by atoms with van der Waals surface area (Å²) in [4.78, 5) is 13.6. The minimum atomic E-state index is -3.52. The van der Waals surface area contributed by atoms with E-state index in [4.69, 9.17) is 16.7 Å². The Morgan fingerprint density at radius 1 is 1.32 bits per heavy atom. The van der Waals surface area contributed by atoms with E-state index in [0.717, 1.165) is 11.3 Å². The standard InChI is InChI=1S/C12H17ClN2O4S3/c13-10-1-2-12(21-10)22(18,19)15-5-3-14(4-6-15)11(17)9-20-8-7-16/h1-2,16H,3-9H2. The van der Waals surface area contributed by atoms with Crippen LogP contribution in [0.4, 0.5) is 0 Å². The van der Waals surface area contributed by atoms with Gasteiger partial charge in [-0.3, -0.25) is 4.79 Å². The molecule has 1 aliphatic rings. The van der Waals surface area contributed by atoms with Crippen molar-refractivity contribution in [3.05, 3.63) is 16.5 Å². The number of thioether (sulfide) groups is 1. The zero-order valence-electron chi connectivity index (χ0n) is 11.8. The second-order valence-electron chi connectivity index (χ2n) is 4.62. The average molecular weight is 385 g/mol. The van der Waals surface area contributed by atoms with Crippen LogP contribution in [0.2, 0.25) is 4.34 Å². The number of hydrogen-bond acceptors (Lipinski definition) is 6. The Labute approximate surface area is 143 Å². The summed E-state index contributed by atoms with van der Waals surface area (Å²) < 4.78 is 26.9. The van der Waals surface area contributed by atoms with E-state index in [9.17, 15) is 13.2 Å². The molecular weight excluding hydrogens is 368 g/mol. The van der Waals surface area contributed by atoms with Gasteiger partial charge >= 0.3 is 0 Å². The largest absolute Gasteiger partial charge is 0.396 e. The van der Waals surface area contributed by atoms with Gasteiger partial charge in [-0.25, -0.2) is 8.42 Å². The van der Waals surface area contributed by atoms with Gasteiger partial charge in [0.05, 0.1) is 16.7 Å². The van der Waals surface area contributed by atoms with Crippen molar-refractivity contribution >= 4 is 50.6 Å². The Morgan fingerprint density at radius 2 is 2.00 bits per heavy atom. The number of rotatable bonds is 6. The monoisotopic (exact) mass is 384 g/mol. The van der Waals surface area contributed by atoms with Gasteiger partial charge in [0.25, 0.3) is 10.0 Å². The zero-order chi connectivity index (χ0) is 16.2. The summed E-state index contributed by atoms with van der Waals surface area (Å²) in [7, 11) is -3.52. The number of carbonyl (C=O) groups excluding carboxylic acids is 1. The lowest BCUT2D eigenvalue weighted by Crippen LogP contribution is -2.50. The first-order chi connectivity index (χ1) is 10.4. The Morgan fingerprint density at radius 3 is 2.55 bits per heavy atom. The van der Waals surface area contributed by atoms with Gasteiger partial charge in [0.15, 0.2) is 0 Å². The normalized spacial score (nSPS) is 16.9. The number of halogens is 1. The van der Waals surface area contributed by atoms with Crippen LogP contribution in [0.25, 0.3) is 0 Å². The number of amides is 1. The fourth-order valence-electron chi connectivity index (χ4n) is 2.06. The summed E-state index contributed by atoms with van der Waals surface area (Å²) in [6.07, 6.45) is 0. The molecule has 0 saturated carbocycles. The number of piperazine rings is 1. The quantitative estimate of drug-likeness (QED) is 0.739. The van der Waals surface area contributed by atoms with Crippen LogP contribution >= 0.6 is 34.7 Å². The molecule has 1 aromatic heterocycles. The van der Waals surface area contributed by atoms with Crippen LogP contribution in [-0.2, 0) is 14.8 Å². The first kappa shape index (κ1) is 18.0. The summed E-state index contributed by atoms with van der Waals surface area (Å²) in [5.41, 5.74) is 0. The highest BCUT2D eigenvalue weighted by atomic mass is 35.5. The van der Waals surface area contributed by atoms with Crippen LogP contribution in [0.1, 0.15) is 0 Å². The van der Waals surface area contributed by atoms with E-state index in [1.54, 1.807) is 11.0 Å². The van der Waals surface area contributed by atoms with Crippen LogP contribution in [-0.4, -0.2) is 72.9 Å². The number of hydrogen-bond donors (Lipinski definition) is 1. The van der Waals surface area contributed by atoms with Crippen molar-refractivity contribution in [2.45, 2.75) is 4.21 Å². The summed E-state index contributed by atoms with van der Waals surface area (Å²) in [5.74, 6) is 0.822. The van der Waals surface area contributed by atoms with Gasteiger partial charge in [-0.15, -0.1) is 23.1 Å². The molecule has 10 heteroatoms. The molecule has 124 valence electrons. The Balaban J connectivity index is 1.90. The number of thiophene rings is 1. The third-order valence-electron chi connectivity index (χ3n) is 3.20. The van der Waals surface area contributed by atoms with Gasteiger partial charge < -0.3 is 10.0 Å². The summed E-state index contributed by atoms with van der Waals surface area (Å²) >= 11 is 8.21. The van der Waals surface area contributed by atoms with E-state index in [-0.39, 0.29) is 29.8 Å². The number of aliphatic hydroxyl groups is 1. The molecule has 1 N–H and O–H groups in total. The average Bonchev–Trinajstić information content (AvgIpc) is 2.95. The molecule has 22 heavy (non-hydrogen) atoms. The van der Waals surface area contributed by atoms with Crippen molar-refractivity contribution in [3.63, 3.8) is 0 Å². The molecule has 0 bridgehead atoms. The molecule has 0 aliphatic carbocycles. The highest BCUT2D eigenvalue weighted by molar-refractivity contribution is 7.99. The highest BCUT2D eigenvalue weighted by Gasteiger charge is 2.30. The van der Waals surface area contributed by atoms with E-state index in [0.29, 0.717) is 28.9 Å². The minimum Gasteiger partial charge on any atom is -0.396 e. The lowest BCUT2D eigenvalue weighted by Gasteiger charge is -2.33. The summed E-state index contributed by atoms with van der Waals surface area (Å²) in [6.45, 7) is 1.39. The van der Waals surface area contributed by atoms with Gasteiger partial charge in [0.2, 0.25) is 5.91 Å². The summed E-state index contributed by atoms with van der Waals surface area (Å²) in [5, 5.41) is 8.70. The minimum absolute atomic E-state index is 0.0188. The summed E-state index contributed by atoms with van der Waals surface area (Å²) in [6, 6.07) is 3.07. The Hall–Kier alpha value is -0.320. The van der Waals surface area contributed by atoms with Crippen LogP contribution in [0.5, 0.6) is 0 Å². The van der Waals surface area contributed by atoms with Crippen molar-refractivity contribution in [1.29, 1.82) is 0 Å². The fourth-order valence-corrected chi connectivity index (χ4v) is 5.75. The third kappa shape index (κ3) is 4.36. The van der Waals surface area contributed by atoms with Gasteiger partial charge in [-0.2, -0.15) is 4.31 Å². The number of sulfonamides is 1. The van der Waals surface area contributed by atoms with Crippen molar-refractivity contribution < 1.29 is 18.3 Å². The van der Waals surface area contributed by atoms with E-state index in [1.807, 2.05) is 0 Å². The predicted molar refractivity (Wildman–Crippen MR) is 89.1 cm³/mol. The fraction of sp³-hybridized carbons (Fsp3) is 0.583. The molecule has 6 nitrogen and oxygen atoms in total. The van der Waals surface area contributed by atoms with Gasteiger partial charge in [0.1, 0.15) is 4.21 Å². The number of nitrogens with zero attached hydrogens (tertiary/aromatic N) is 2. The lowest BCUT2D eigenvalue weighted by atomic mass is 10.3. The molecule has 1 aromatic rings. The predicted octanol–water partition coefficient (Wildman–Crippen LogP) is 0.960. The van der Waals surface area contributed by atoms with Crippen LogP contribution < -0.4 is 0 Å². The molecule has 2 rings (SSSR count). The van der Waals surface area contributed by atoms with Crippen LogP contribution in [0.3, 0.4) is 0 Å². The second-order valence-corrected chi connectivity index (χ2v) is 9.60. The maximum Gasteiger partial charge on any atom is 0.252 e. The SMILES string of the molecule is O=C(CSCCO)N1CCN(S(=O)(=O)c2ccc(Cl)s2)CC1. The van der Waals surface area contributed by atoms with Crippen LogP contribution in [0.15, 0.2) is 16.3 Å². The maximum absolute atomic E-state index is 12.4. The van der Waals surface area contributed by atoms with E-state index >= 15 is 0 Å². The first-order valence-corrected chi connectivity index (χ1v) is 10.5. The lowest BCUT2D eigenvalue weighted by molar-refractivity contribution is -0.129. The van der Waals surface area contributed by atoms with Crippen molar-refractivity contribution in [3.8, 4) is 0 Å². The molecule has 0 aromatic carbocycles. The molecule has 0 spiro atoms. The van der Waals surface area contributed by atoms with E-state index < -0.39 is 10.0 Å². The van der Waals surface area contributed by atoms with E-state index in [1.165, 1.54) is 22.1 Å². The number of carbonyl (C=O) groups is 1. The number of aliphatic hydroxyl groups excluding tert-OH is 1. The smallest absolute Gasteiger partial charge is 0.252 e. The molecule has 2 heterocycles.